The zero-order valence-corrected chi connectivity index (χ0v) is 23.9. The number of rotatable bonds is 12. The van der Waals surface area contributed by atoms with Gasteiger partial charge in [-0.2, -0.15) is 0 Å². The highest BCUT2D eigenvalue weighted by Crippen LogP contribution is 2.23. The number of aryl methyl sites for hydroxylation is 1. The van der Waals surface area contributed by atoms with Crippen LogP contribution in [0.1, 0.15) is 42.9 Å². The highest BCUT2D eigenvalue weighted by Gasteiger charge is 2.28. The van der Waals surface area contributed by atoms with Crippen molar-refractivity contribution in [1.29, 1.82) is 0 Å². The minimum atomic E-state index is -3.53. The molecule has 0 unspecified atom stereocenters. The average Bonchev–Trinajstić information content (AvgIpc) is 3.73. The molecule has 3 aromatic carbocycles. The van der Waals surface area contributed by atoms with Gasteiger partial charge < -0.3 is 10.2 Å². The Balaban J connectivity index is 1.40. The number of hydrogen-bond donors (Lipinski definition) is 2. The summed E-state index contributed by atoms with van der Waals surface area (Å²) in [7, 11) is -3.53. The Morgan fingerprint density at radius 3 is 2.31 bits per heavy atom. The van der Waals surface area contributed by atoms with E-state index in [1.807, 2.05) is 30.3 Å². The molecule has 2 amide bonds. The molecule has 1 saturated carbocycles. The van der Waals surface area contributed by atoms with Crippen molar-refractivity contribution in [3.63, 3.8) is 0 Å². The van der Waals surface area contributed by atoms with Crippen molar-refractivity contribution in [1.82, 2.24) is 14.9 Å². The van der Waals surface area contributed by atoms with Crippen molar-refractivity contribution in [2.75, 3.05) is 0 Å². The second kappa shape index (κ2) is 13.0. The molecule has 39 heavy (non-hydrogen) atoms. The summed E-state index contributed by atoms with van der Waals surface area (Å²) in [5.74, 6) is -0.485. The molecule has 0 spiro atoms. The first-order chi connectivity index (χ1) is 18.6. The molecule has 0 radical (unpaired) electrons. The van der Waals surface area contributed by atoms with Gasteiger partial charge in [0.1, 0.15) is 6.04 Å². The zero-order chi connectivity index (χ0) is 28.0. The van der Waals surface area contributed by atoms with Crippen LogP contribution in [-0.2, 0) is 39.1 Å². The quantitative estimate of drug-likeness (QED) is 0.308. The Kier molecular flexibility index (Phi) is 9.67. The Morgan fingerprint density at radius 2 is 1.67 bits per heavy atom. The van der Waals surface area contributed by atoms with Gasteiger partial charge in [0, 0.05) is 35.6 Å². The third-order valence-electron chi connectivity index (χ3n) is 6.59. The number of hydrogen-bond acceptors (Lipinski definition) is 4. The topological polar surface area (TPSA) is 95.6 Å². The van der Waals surface area contributed by atoms with Crippen LogP contribution in [0, 0.1) is 0 Å². The van der Waals surface area contributed by atoms with E-state index >= 15 is 0 Å². The first-order valence-electron chi connectivity index (χ1n) is 12.8. The Labute approximate surface area is 239 Å². The van der Waals surface area contributed by atoms with Crippen LogP contribution in [0.4, 0.5) is 0 Å². The molecule has 0 bridgehead atoms. The summed E-state index contributed by atoms with van der Waals surface area (Å²) in [4.78, 5) is 28.2. The van der Waals surface area contributed by atoms with Crippen LogP contribution in [-0.4, -0.2) is 37.2 Å². The Morgan fingerprint density at radius 1 is 0.974 bits per heavy atom. The van der Waals surface area contributed by atoms with Crippen LogP contribution in [0.2, 0.25) is 10.0 Å². The summed E-state index contributed by atoms with van der Waals surface area (Å²) >= 11 is 12.2. The smallest absolute Gasteiger partial charge is 0.242 e. The summed E-state index contributed by atoms with van der Waals surface area (Å²) in [6.45, 7) is 2.18. The van der Waals surface area contributed by atoms with Crippen molar-refractivity contribution >= 4 is 45.0 Å². The normalized spacial score (nSPS) is 14.0. The van der Waals surface area contributed by atoms with Gasteiger partial charge in [-0.3, -0.25) is 9.59 Å². The van der Waals surface area contributed by atoms with Crippen molar-refractivity contribution in [3.05, 3.63) is 99.5 Å². The molecule has 0 aromatic heterocycles. The molecule has 1 aliphatic carbocycles. The number of nitrogens with one attached hydrogen (secondary N) is 2. The molecule has 7 nitrogen and oxygen atoms in total. The summed E-state index contributed by atoms with van der Waals surface area (Å²) in [6, 6.07) is 20.4. The fourth-order valence-electron chi connectivity index (χ4n) is 4.08. The lowest BCUT2D eigenvalue weighted by Crippen LogP contribution is -2.47. The van der Waals surface area contributed by atoms with Crippen LogP contribution in [0.15, 0.2) is 77.7 Å². The Hall–Kier alpha value is -2.91. The maximum absolute atomic E-state index is 13.4. The van der Waals surface area contributed by atoms with E-state index in [9.17, 15) is 18.0 Å². The van der Waals surface area contributed by atoms with E-state index in [2.05, 4.69) is 10.0 Å². The molecular weight excluding hydrogens is 557 g/mol. The molecule has 10 heteroatoms. The third-order valence-corrected chi connectivity index (χ3v) is 8.71. The third kappa shape index (κ3) is 8.29. The monoisotopic (exact) mass is 587 g/mol. The van der Waals surface area contributed by atoms with E-state index < -0.39 is 16.1 Å². The van der Waals surface area contributed by atoms with Gasteiger partial charge >= 0.3 is 0 Å². The molecule has 0 aliphatic heterocycles. The Bertz CT molecular complexity index is 1410. The van der Waals surface area contributed by atoms with Crippen molar-refractivity contribution in [2.24, 2.45) is 0 Å². The zero-order valence-electron chi connectivity index (χ0n) is 21.6. The second-order valence-corrected chi connectivity index (χ2v) is 12.2. The van der Waals surface area contributed by atoms with Gasteiger partial charge in [-0.1, -0.05) is 71.7 Å². The number of benzene rings is 3. The second-order valence-electron chi connectivity index (χ2n) is 9.68. The molecule has 0 saturated heterocycles. The van der Waals surface area contributed by atoms with Crippen LogP contribution >= 0.6 is 23.2 Å². The minimum Gasteiger partial charge on any atom is -0.350 e. The van der Waals surface area contributed by atoms with Crippen LogP contribution in [0.25, 0.3) is 0 Å². The van der Waals surface area contributed by atoms with E-state index in [0.29, 0.717) is 16.5 Å². The van der Waals surface area contributed by atoms with E-state index in [1.165, 1.54) is 0 Å². The van der Waals surface area contributed by atoms with Gasteiger partial charge in [-0.05, 0) is 67.1 Å². The van der Waals surface area contributed by atoms with Gasteiger partial charge in [0.2, 0.25) is 21.8 Å². The van der Waals surface area contributed by atoms with Crippen molar-refractivity contribution in [3.8, 4) is 0 Å². The number of halogens is 2. The lowest BCUT2D eigenvalue weighted by Gasteiger charge is -2.29. The summed E-state index contributed by atoms with van der Waals surface area (Å²) < 4.78 is 27.5. The van der Waals surface area contributed by atoms with Crippen LogP contribution in [0.5, 0.6) is 0 Å². The highest BCUT2D eigenvalue weighted by molar-refractivity contribution is 7.89. The van der Waals surface area contributed by atoms with Gasteiger partial charge in [-0.25, -0.2) is 13.1 Å². The van der Waals surface area contributed by atoms with Crippen molar-refractivity contribution in [2.45, 2.75) is 62.7 Å². The number of carbonyl (C=O) groups is 2. The fourth-order valence-corrected chi connectivity index (χ4v) is 5.86. The number of nitrogens with zero attached hydrogens (tertiary/aromatic N) is 1. The SMILES string of the molecule is C[C@H](C(=O)NCc1ccc(Cl)cc1Cl)N(Cc1ccccc1)C(=O)CCc1ccc(S(=O)(=O)NC2CC2)cc1. The summed E-state index contributed by atoms with van der Waals surface area (Å²) in [5.41, 5.74) is 2.46. The fraction of sp³-hybridized carbons (Fsp3) is 0.310. The maximum Gasteiger partial charge on any atom is 0.242 e. The molecule has 1 atom stereocenters. The number of carbonyl (C=O) groups excluding carboxylic acids is 2. The standard InChI is InChI=1S/C29H31Cl2N3O4S/c1-20(29(36)32-18-23-10-11-24(30)17-27(23)31)34(19-22-5-3-2-4-6-22)28(35)16-9-21-7-14-26(15-8-21)39(37,38)33-25-12-13-25/h2-8,10-11,14-15,17,20,25,33H,9,12-13,16,18-19H2,1H3,(H,32,36)/t20-/m1/s1. The van der Waals surface area contributed by atoms with E-state index in [-0.39, 0.29) is 42.3 Å². The molecule has 206 valence electrons. The molecule has 1 fully saturated rings. The van der Waals surface area contributed by atoms with Gasteiger partial charge in [0.15, 0.2) is 0 Å². The number of amides is 2. The van der Waals surface area contributed by atoms with Gasteiger partial charge in [0.05, 0.1) is 4.90 Å². The molecule has 4 rings (SSSR count). The van der Waals surface area contributed by atoms with E-state index in [1.54, 1.807) is 54.3 Å². The first kappa shape index (κ1) is 29.1. The predicted octanol–water partition coefficient (Wildman–Crippen LogP) is 5.10. The average molecular weight is 589 g/mol. The lowest BCUT2D eigenvalue weighted by molar-refractivity contribution is -0.140. The van der Waals surface area contributed by atoms with E-state index in [4.69, 9.17) is 23.2 Å². The van der Waals surface area contributed by atoms with Crippen molar-refractivity contribution < 1.29 is 18.0 Å². The number of sulfonamides is 1. The molecule has 3 aromatic rings. The largest absolute Gasteiger partial charge is 0.350 e. The molecular formula is C29H31Cl2N3O4S. The first-order valence-corrected chi connectivity index (χ1v) is 15.0. The van der Waals surface area contributed by atoms with Crippen LogP contribution < -0.4 is 10.0 Å². The van der Waals surface area contributed by atoms with Gasteiger partial charge in [-0.15, -0.1) is 0 Å². The lowest BCUT2D eigenvalue weighted by atomic mass is 10.1. The van der Waals surface area contributed by atoms with Crippen LogP contribution in [0.3, 0.4) is 0 Å². The maximum atomic E-state index is 13.4. The summed E-state index contributed by atoms with van der Waals surface area (Å²) in [5, 5.41) is 3.83. The van der Waals surface area contributed by atoms with E-state index in [0.717, 1.165) is 29.5 Å². The highest BCUT2D eigenvalue weighted by atomic mass is 35.5. The molecule has 2 N–H and O–H groups in total. The summed E-state index contributed by atoms with van der Waals surface area (Å²) in [6.07, 6.45) is 2.31. The van der Waals surface area contributed by atoms with Gasteiger partial charge in [0.25, 0.3) is 0 Å². The molecule has 1 aliphatic rings. The predicted molar refractivity (Wildman–Crippen MR) is 153 cm³/mol. The molecule has 0 heterocycles. The minimum absolute atomic E-state index is 0.0326.